The lowest BCUT2D eigenvalue weighted by Crippen LogP contribution is -2.41. The minimum absolute atomic E-state index is 0.0902. The first-order valence-electron chi connectivity index (χ1n) is 9.94. The zero-order valence-electron chi connectivity index (χ0n) is 17.3. The molecule has 2 aromatic rings. The van der Waals surface area contributed by atoms with E-state index in [1.807, 2.05) is 31.2 Å². The van der Waals surface area contributed by atoms with Gasteiger partial charge in [-0.05, 0) is 42.8 Å². The Morgan fingerprint density at radius 2 is 1.97 bits per heavy atom. The summed E-state index contributed by atoms with van der Waals surface area (Å²) in [6, 6.07) is 11.3. The average molecular weight is 452 g/mol. The normalized spacial score (nSPS) is 14.8. The zero-order chi connectivity index (χ0) is 22.3. The summed E-state index contributed by atoms with van der Waals surface area (Å²) in [6.07, 6.45) is 0. The van der Waals surface area contributed by atoms with Crippen molar-refractivity contribution >= 4 is 21.6 Å². The first kappa shape index (κ1) is 23.0. The van der Waals surface area contributed by atoms with Crippen molar-refractivity contribution in [3.63, 3.8) is 0 Å². The van der Waals surface area contributed by atoms with Crippen molar-refractivity contribution in [1.29, 1.82) is 0 Å². The van der Waals surface area contributed by atoms with Crippen molar-refractivity contribution in [3.8, 4) is 5.75 Å². The third-order valence-corrected chi connectivity index (χ3v) is 6.57. The number of sulfonamides is 1. The van der Waals surface area contributed by atoms with Gasteiger partial charge in [-0.15, -0.1) is 0 Å². The molecule has 1 aliphatic heterocycles. The molecule has 2 aromatic carbocycles. The van der Waals surface area contributed by atoms with Crippen LogP contribution in [0.2, 0.25) is 0 Å². The van der Waals surface area contributed by atoms with Gasteiger partial charge in [0, 0.05) is 18.8 Å². The van der Waals surface area contributed by atoms with Gasteiger partial charge >= 0.3 is 0 Å². The molecule has 168 valence electrons. The van der Waals surface area contributed by atoms with Crippen LogP contribution in [0.25, 0.3) is 0 Å². The Bertz CT molecular complexity index is 1010. The van der Waals surface area contributed by atoms with Crippen molar-refractivity contribution < 1.29 is 27.1 Å². The molecule has 1 saturated heterocycles. The average Bonchev–Trinajstić information content (AvgIpc) is 2.76. The van der Waals surface area contributed by atoms with Gasteiger partial charge in [-0.25, -0.2) is 12.8 Å². The van der Waals surface area contributed by atoms with Crippen molar-refractivity contribution in [1.82, 2.24) is 9.62 Å². The predicted octanol–water partition coefficient (Wildman–Crippen LogP) is 1.76. The lowest BCUT2D eigenvalue weighted by molar-refractivity contribution is -0.119. The fourth-order valence-electron chi connectivity index (χ4n) is 3.05. The molecule has 0 spiro atoms. The number of nitrogens with one attached hydrogen (secondary N) is 2. The van der Waals surface area contributed by atoms with Crippen molar-refractivity contribution in [2.24, 2.45) is 0 Å². The van der Waals surface area contributed by atoms with Crippen molar-refractivity contribution in [2.75, 3.05) is 51.3 Å². The van der Waals surface area contributed by atoms with E-state index >= 15 is 0 Å². The van der Waals surface area contributed by atoms with E-state index < -0.39 is 20.7 Å². The predicted molar refractivity (Wildman–Crippen MR) is 114 cm³/mol. The Morgan fingerprint density at radius 3 is 2.71 bits per heavy atom. The molecule has 0 aliphatic carbocycles. The molecule has 1 amide bonds. The standard InChI is InChI=1S/C21H26FN3O5S/c1-16-3-2-4-18(13-16)30-10-7-23-21(26)15-24-17-5-6-19(22)20(14-17)31(27,28)25-8-11-29-12-9-25/h2-6,13-14,24H,7-12,15H2,1H3,(H,23,26). The number of carbonyl (C=O) groups excluding carboxylic acids is 1. The summed E-state index contributed by atoms with van der Waals surface area (Å²) < 4.78 is 51.6. The van der Waals surface area contributed by atoms with Gasteiger partial charge in [0.1, 0.15) is 23.1 Å². The third kappa shape index (κ3) is 6.39. The number of morpholine rings is 1. The van der Waals surface area contributed by atoms with Crippen molar-refractivity contribution in [3.05, 3.63) is 53.8 Å². The number of hydrogen-bond donors (Lipinski definition) is 2. The van der Waals surface area contributed by atoms with E-state index in [9.17, 15) is 17.6 Å². The molecule has 1 aliphatic rings. The highest BCUT2D eigenvalue weighted by molar-refractivity contribution is 7.89. The van der Waals surface area contributed by atoms with Crippen LogP contribution in [-0.4, -0.2) is 64.6 Å². The van der Waals surface area contributed by atoms with Crippen LogP contribution in [0.5, 0.6) is 5.75 Å². The summed E-state index contributed by atoms with van der Waals surface area (Å²) in [7, 11) is -3.98. The van der Waals surface area contributed by atoms with E-state index in [-0.39, 0.29) is 38.8 Å². The second-order valence-electron chi connectivity index (χ2n) is 7.03. The summed E-state index contributed by atoms with van der Waals surface area (Å²) in [6.45, 7) is 3.39. The van der Waals surface area contributed by atoms with Crippen LogP contribution in [0, 0.1) is 12.7 Å². The van der Waals surface area contributed by atoms with E-state index in [0.29, 0.717) is 18.8 Å². The number of aryl methyl sites for hydroxylation is 1. The van der Waals surface area contributed by atoms with Gasteiger partial charge in [0.2, 0.25) is 15.9 Å². The number of halogens is 1. The molecule has 3 rings (SSSR count). The molecule has 1 fully saturated rings. The van der Waals surface area contributed by atoms with E-state index in [4.69, 9.17) is 9.47 Å². The van der Waals surface area contributed by atoms with Crippen LogP contribution in [-0.2, 0) is 19.6 Å². The van der Waals surface area contributed by atoms with Gasteiger partial charge < -0.3 is 20.1 Å². The monoisotopic (exact) mass is 451 g/mol. The Balaban J connectivity index is 1.49. The van der Waals surface area contributed by atoms with Crippen LogP contribution in [0.15, 0.2) is 47.4 Å². The number of carbonyl (C=O) groups is 1. The maximum absolute atomic E-state index is 14.2. The molecule has 0 unspecified atom stereocenters. The number of benzene rings is 2. The molecule has 31 heavy (non-hydrogen) atoms. The molecule has 8 nitrogen and oxygen atoms in total. The molecular formula is C21H26FN3O5S. The zero-order valence-corrected chi connectivity index (χ0v) is 18.1. The minimum atomic E-state index is -3.98. The summed E-state index contributed by atoms with van der Waals surface area (Å²) in [5.41, 5.74) is 1.42. The maximum atomic E-state index is 14.2. The molecule has 2 N–H and O–H groups in total. The van der Waals surface area contributed by atoms with Crippen molar-refractivity contribution in [2.45, 2.75) is 11.8 Å². The third-order valence-electron chi connectivity index (χ3n) is 4.65. The fraction of sp³-hybridized carbons (Fsp3) is 0.381. The number of rotatable bonds is 9. The summed E-state index contributed by atoms with van der Waals surface area (Å²) in [5.74, 6) is -0.405. The smallest absolute Gasteiger partial charge is 0.246 e. The molecule has 10 heteroatoms. The van der Waals surface area contributed by atoms with E-state index in [0.717, 1.165) is 17.4 Å². The van der Waals surface area contributed by atoms with Gasteiger partial charge in [-0.2, -0.15) is 4.31 Å². The Hall–Kier alpha value is -2.69. The van der Waals surface area contributed by atoms with Crippen LogP contribution >= 0.6 is 0 Å². The highest BCUT2D eigenvalue weighted by Crippen LogP contribution is 2.23. The Morgan fingerprint density at radius 1 is 1.19 bits per heavy atom. The number of ether oxygens (including phenoxy) is 2. The molecular weight excluding hydrogens is 425 g/mol. The van der Waals surface area contributed by atoms with E-state index in [1.165, 1.54) is 16.4 Å². The molecule has 0 bridgehead atoms. The van der Waals surface area contributed by atoms with Crippen LogP contribution in [0.4, 0.5) is 10.1 Å². The Labute approximate surface area is 181 Å². The molecule has 0 saturated carbocycles. The molecule has 1 heterocycles. The molecule has 0 radical (unpaired) electrons. The first-order valence-corrected chi connectivity index (χ1v) is 11.4. The van der Waals surface area contributed by atoms with Gasteiger partial charge in [0.05, 0.1) is 26.3 Å². The highest BCUT2D eigenvalue weighted by Gasteiger charge is 2.29. The van der Waals surface area contributed by atoms with Gasteiger partial charge in [0.25, 0.3) is 0 Å². The lowest BCUT2D eigenvalue weighted by Gasteiger charge is -2.26. The number of hydrogen-bond acceptors (Lipinski definition) is 6. The Kier molecular flexibility index (Phi) is 7.83. The van der Waals surface area contributed by atoms with Crippen LogP contribution in [0.1, 0.15) is 5.56 Å². The first-order chi connectivity index (χ1) is 14.9. The maximum Gasteiger partial charge on any atom is 0.246 e. The number of amides is 1. The second-order valence-corrected chi connectivity index (χ2v) is 8.94. The fourth-order valence-corrected chi connectivity index (χ4v) is 4.54. The summed E-state index contributed by atoms with van der Waals surface area (Å²) in [5, 5.41) is 5.53. The summed E-state index contributed by atoms with van der Waals surface area (Å²) in [4.78, 5) is 11.6. The highest BCUT2D eigenvalue weighted by atomic mass is 32.2. The quantitative estimate of drug-likeness (QED) is 0.564. The topological polar surface area (TPSA) is 97.0 Å². The molecule has 0 atom stereocenters. The SMILES string of the molecule is Cc1cccc(OCCNC(=O)CNc2ccc(F)c(S(=O)(=O)N3CCOCC3)c2)c1. The molecule has 0 aromatic heterocycles. The van der Waals surface area contributed by atoms with Crippen LogP contribution in [0.3, 0.4) is 0 Å². The van der Waals surface area contributed by atoms with Crippen LogP contribution < -0.4 is 15.4 Å². The van der Waals surface area contributed by atoms with Gasteiger partial charge in [0.15, 0.2) is 0 Å². The number of anilines is 1. The lowest BCUT2D eigenvalue weighted by atomic mass is 10.2. The summed E-state index contributed by atoms with van der Waals surface area (Å²) >= 11 is 0. The minimum Gasteiger partial charge on any atom is -0.492 e. The van der Waals surface area contributed by atoms with E-state index in [2.05, 4.69) is 10.6 Å². The van der Waals surface area contributed by atoms with Gasteiger partial charge in [-0.3, -0.25) is 4.79 Å². The second kappa shape index (κ2) is 10.6. The largest absolute Gasteiger partial charge is 0.492 e. The van der Waals surface area contributed by atoms with Gasteiger partial charge in [-0.1, -0.05) is 12.1 Å². The number of nitrogens with zero attached hydrogens (tertiary/aromatic N) is 1. The van der Waals surface area contributed by atoms with E-state index in [1.54, 1.807) is 0 Å².